The SMILES string of the molecule is Cc1ccc(C(N)C(=O)NCCC2=CCCC2)cc1. The zero-order valence-electron chi connectivity index (χ0n) is 11.5. The summed E-state index contributed by atoms with van der Waals surface area (Å²) >= 11 is 0. The van der Waals surface area contributed by atoms with Gasteiger partial charge in [0.2, 0.25) is 5.91 Å². The van der Waals surface area contributed by atoms with Crippen molar-refractivity contribution in [1.82, 2.24) is 5.32 Å². The molecule has 102 valence electrons. The molecule has 0 spiro atoms. The lowest BCUT2D eigenvalue weighted by Crippen LogP contribution is -2.34. The maximum atomic E-state index is 11.9. The third-order valence-electron chi connectivity index (χ3n) is 3.60. The maximum Gasteiger partial charge on any atom is 0.241 e. The van der Waals surface area contributed by atoms with Crippen molar-refractivity contribution in [3.8, 4) is 0 Å². The van der Waals surface area contributed by atoms with E-state index in [2.05, 4.69) is 11.4 Å². The van der Waals surface area contributed by atoms with Crippen molar-refractivity contribution in [2.75, 3.05) is 6.54 Å². The minimum atomic E-state index is -0.571. The fourth-order valence-corrected chi connectivity index (χ4v) is 2.35. The van der Waals surface area contributed by atoms with Crippen molar-refractivity contribution < 1.29 is 4.79 Å². The molecular weight excluding hydrogens is 236 g/mol. The summed E-state index contributed by atoms with van der Waals surface area (Å²) in [7, 11) is 0. The van der Waals surface area contributed by atoms with Gasteiger partial charge in [0, 0.05) is 6.54 Å². The van der Waals surface area contributed by atoms with Gasteiger partial charge in [-0.25, -0.2) is 0 Å². The first kappa shape index (κ1) is 13.8. The van der Waals surface area contributed by atoms with Crippen molar-refractivity contribution in [2.24, 2.45) is 5.73 Å². The number of aryl methyl sites for hydroxylation is 1. The second kappa shape index (κ2) is 6.53. The molecular formula is C16H22N2O. The average Bonchev–Trinajstić information content (AvgIpc) is 2.92. The molecule has 0 saturated carbocycles. The van der Waals surface area contributed by atoms with Gasteiger partial charge in [0.05, 0.1) is 0 Å². The zero-order valence-corrected chi connectivity index (χ0v) is 11.5. The second-order valence-electron chi connectivity index (χ2n) is 5.18. The molecule has 1 aliphatic carbocycles. The molecule has 1 atom stereocenters. The van der Waals surface area contributed by atoms with Gasteiger partial charge in [-0.3, -0.25) is 4.79 Å². The number of carbonyl (C=O) groups excluding carboxylic acids is 1. The monoisotopic (exact) mass is 258 g/mol. The van der Waals surface area contributed by atoms with Crippen molar-refractivity contribution in [3.05, 3.63) is 47.0 Å². The summed E-state index contributed by atoms with van der Waals surface area (Å²) in [6.45, 7) is 2.70. The Morgan fingerprint density at radius 1 is 1.37 bits per heavy atom. The van der Waals surface area contributed by atoms with Gasteiger partial charge >= 0.3 is 0 Å². The van der Waals surface area contributed by atoms with E-state index in [0.29, 0.717) is 6.54 Å². The largest absolute Gasteiger partial charge is 0.354 e. The highest BCUT2D eigenvalue weighted by molar-refractivity contribution is 5.82. The Morgan fingerprint density at radius 3 is 2.74 bits per heavy atom. The predicted molar refractivity (Wildman–Crippen MR) is 77.7 cm³/mol. The maximum absolute atomic E-state index is 11.9. The number of hydrogen-bond acceptors (Lipinski definition) is 2. The van der Waals surface area contributed by atoms with Crippen LogP contribution in [0.3, 0.4) is 0 Å². The quantitative estimate of drug-likeness (QED) is 0.798. The van der Waals surface area contributed by atoms with Crippen LogP contribution in [0, 0.1) is 6.92 Å². The highest BCUT2D eigenvalue weighted by Gasteiger charge is 2.15. The molecule has 1 aliphatic rings. The van der Waals surface area contributed by atoms with Crippen LogP contribution in [0.2, 0.25) is 0 Å². The molecule has 0 aliphatic heterocycles. The van der Waals surface area contributed by atoms with Crippen molar-refractivity contribution >= 4 is 5.91 Å². The molecule has 0 radical (unpaired) electrons. The summed E-state index contributed by atoms with van der Waals surface area (Å²) < 4.78 is 0. The van der Waals surface area contributed by atoms with Gasteiger partial charge in [-0.05, 0) is 38.2 Å². The van der Waals surface area contributed by atoms with Crippen LogP contribution in [0.1, 0.15) is 42.9 Å². The van der Waals surface area contributed by atoms with E-state index >= 15 is 0 Å². The Labute approximate surface area is 114 Å². The predicted octanol–water partition coefficient (Wildman–Crippen LogP) is 2.61. The zero-order chi connectivity index (χ0) is 13.7. The molecule has 1 amide bonds. The van der Waals surface area contributed by atoms with E-state index < -0.39 is 6.04 Å². The molecule has 0 bridgehead atoms. The third kappa shape index (κ3) is 3.93. The lowest BCUT2D eigenvalue weighted by Gasteiger charge is -2.13. The summed E-state index contributed by atoms with van der Waals surface area (Å²) in [5.74, 6) is -0.0950. The molecule has 0 saturated heterocycles. The van der Waals surface area contributed by atoms with Gasteiger partial charge < -0.3 is 11.1 Å². The first-order valence-corrected chi connectivity index (χ1v) is 6.94. The van der Waals surface area contributed by atoms with Gasteiger partial charge in [-0.15, -0.1) is 0 Å². The summed E-state index contributed by atoms with van der Waals surface area (Å²) in [4.78, 5) is 11.9. The van der Waals surface area contributed by atoms with E-state index in [1.165, 1.54) is 30.4 Å². The molecule has 3 heteroatoms. The van der Waals surface area contributed by atoms with Crippen LogP contribution < -0.4 is 11.1 Å². The van der Waals surface area contributed by atoms with Crippen LogP contribution in [0.25, 0.3) is 0 Å². The van der Waals surface area contributed by atoms with E-state index in [-0.39, 0.29) is 5.91 Å². The third-order valence-corrected chi connectivity index (χ3v) is 3.60. The van der Waals surface area contributed by atoms with Crippen molar-refractivity contribution in [1.29, 1.82) is 0 Å². The first-order valence-electron chi connectivity index (χ1n) is 6.94. The lowest BCUT2D eigenvalue weighted by molar-refractivity contribution is -0.122. The standard InChI is InChI=1S/C16H22N2O/c1-12-6-8-14(9-7-12)15(17)16(19)18-11-10-13-4-2-3-5-13/h4,6-9,15H,2-3,5,10-11,17H2,1H3,(H,18,19). The fourth-order valence-electron chi connectivity index (χ4n) is 2.35. The average molecular weight is 258 g/mol. The summed E-state index contributed by atoms with van der Waals surface area (Å²) in [5.41, 5.74) is 9.45. The van der Waals surface area contributed by atoms with Crippen LogP contribution in [0.4, 0.5) is 0 Å². The molecule has 0 fully saturated rings. The Kier molecular flexibility index (Phi) is 4.74. The Balaban J connectivity index is 1.80. The number of nitrogens with one attached hydrogen (secondary N) is 1. The smallest absolute Gasteiger partial charge is 0.241 e. The van der Waals surface area contributed by atoms with Crippen LogP contribution in [-0.4, -0.2) is 12.5 Å². The topological polar surface area (TPSA) is 55.1 Å². The Morgan fingerprint density at radius 2 is 2.11 bits per heavy atom. The van der Waals surface area contributed by atoms with E-state index in [4.69, 9.17) is 5.73 Å². The van der Waals surface area contributed by atoms with Crippen molar-refractivity contribution in [3.63, 3.8) is 0 Å². The van der Waals surface area contributed by atoms with Gasteiger partial charge in [-0.1, -0.05) is 41.5 Å². The van der Waals surface area contributed by atoms with Crippen LogP contribution in [-0.2, 0) is 4.79 Å². The highest BCUT2D eigenvalue weighted by Crippen LogP contribution is 2.19. The highest BCUT2D eigenvalue weighted by atomic mass is 16.2. The molecule has 19 heavy (non-hydrogen) atoms. The van der Waals surface area contributed by atoms with Crippen molar-refractivity contribution in [2.45, 2.75) is 38.6 Å². The van der Waals surface area contributed by atoms with Crippen LogP contribution in [0.15, 0.2) is 35.9 Å². The number of amides is 1. The summed E-state index contributed by atoms with van der Waals surface area (Å²) in [5, 5.41) is 2.92. The molecule has 1 aromatic rings. The summed E-state index contributed by atoms with van der Waals surface area (Å²) in [6, 6.07) is 7.22. The van der Waals surface area contributed by atoms with Gasteiger partial charge in [0.1, 0.15) is 6.04 Å². The number of carbonyl (C=O) groups is 1. The van der Waals surface area contributed by atoms with Crippen LogP contribution >= 0.6 is 0 Å². The van der Waals surface area contributed by atoms with E-state index in [0.717, 1.165) is 12.0 Å². The Hall–Kier alpha value is -1.61. The first-order chi connectivity index (χ1) is 9.16. The van der Waals surface area contributed by atoms with E-state index in [9.17, 15) is 4.79 Å². The van der Waals surface area contributed by atoms with Crippen LogP contribution in [0.5, 0.6) is 0 Å². The number of nitrogens with two attached hydrogens (primary N) is 1. The molecule has 3 N–H and O–H groups in total. The number of benzene rings is 1. The number of allylic oxidation sites excluding steroid dienone is 1. The minimum absolute atomic E-state index is 0.0950. The van der Waals surface area contributed by atoms with E-state index in [1.54, 1.807) is 0 Å². The molecule has 1 unspecified atom stereocenters. The minimum Gasteiger partial charge on any atom is -0.354 e. The molecule has 0 heterocycles. The molecule has 3 nitrogen and oxygen atoms in total. The van der Waals surface area contributed by atoms with Gasteiger partial charge in [0.25, 0.3) is 0 Å². The normalized spacial score (nSPS) is 16.0. The number of rotatable bonds is 5. The second-order valence-corrected chi connectivity index (χ2v) is 5.18. The Bertz CT molecular complexity index is 462. The number of hydrogen-bond donors (Lipinski definition) is 2. The molecule has 0 aromatic heterocycles. The van der Waals surface area contributed by atoms with Gasteiger partial charge in [0.15, 0.2) is 0 Å². The lowest BCUT2D eigenvalue weighted by atomic mass is 10.1. The fraction of sp³-hybridized carbons (Fsp3) is 0.438. The molecule has 1 aromatic carbocycles. The summed E-state index contributed by atoms with van der Waals surface area (Å²) in [6.07, 6.45) is 6.86. The molecule has 2 rings (SSSR count). The van der Waals surface area contributed by atoms with E-state index in [1.807, 2.05) is 31.2 Å². The van der Waals surface area contributed by atoms with Gasteiger partial charge in [-0.2, -0.15) is 0 Å².